The molecule has 7 heteroatoms. The van der Waals surface area contributed by atoms with Crippen LogP contribution in [0.1, 0.15) is 60.2 Å². The Morgan fingerprint density at radius 3 is 2.24 bits per heavy atom. The van der Waals surface area contributed by atoms with Gasteiger partial charge in [-0.1, -0.05) is 55.5 Å². The van der Waals surface area contributed by atoms with Gasteiger partial charge in [0.05, 0.1) is 22.6 Å². The zero-order valence-electron chi connectivity index (χ0n) is 21.3. The predicted molar refractivity (Wildman–Crippen MR) is 137 cm³/mol. The molecule has 0 spiro atoms. The molecule has 1 aliphatic carbocycles. The summed E-state index contributed by atoms with van der Waals surface area (Å²) in [4.78, 5) is 38.5. The van der Waals surface area contributed by atoms with Crippen molar-refractivity contribution in [2.75, 3.05) is 6.61 Å². The Morgan fingerprint density at radius 2 is 1.65 bits per heavy atom. The summed E-state index contributed by atoms with van der Waals surface area (Å²) < 4.78 is 16.9. The normalized spacial score (nSPS) is 28.1. The van der Waals surface area contributed by atoms with Crippen molar-refractivity contribution in [2.24, 2.45) is 17.8 Å². The number of hydrogen-bond donors (Lipinski definition) is 1. The fourth-order valence-electron chi connectivity index (χ4n) is 5.36. The van der Waals surface area contributed by atoms with Crippen LogP contribution in [-0.2, 0) is 19.0 Å². The predicted octanol–water partition coefficient (Wildman–Crippen LogP) is 4.74. The number of carbonyl (C=O) groups excluding carboxylic acids is 3. The number of rotatable bonds is 8. The van der Waals surface area contributed by atoms with Crippen LogP contribution in [0.15, 0.2) is 72.8 Å². The zero-order valence-corrected chi connectivity index (χ0v) is 21.3. The van der Waals surface area contributed by atoms with Gasteiger partial charge < -0.3 is 19.3 Å². The van der Waals surface area contributed by atoms with E-state index < -0.39 is 41.6 Å². The largest absolute Gasteiger partial charge is 0.458 e. The minimum absolute atomic E-state index is 0.111. The maximum absolute atomic E-state index is 13.1. The van der Waals surface area contributed by atoms with Gasteiger partial charge in [0.2, 0.25) is 0 Å². The summed E-state index contributed by atoms with van der Waals surface area (Å²) in [6.45, 7) is 7.65. The Kier molecular flexibility index (Phi) is 8.13. The van der Waals surface area contributed by atoms with Gasteiger partial charge in [-0.3, -0.25) is 4.79 Å². The number of esters is 3. The molecule has 2 aliphatic rings. The van der Waals surface area contributed by atoms with Gasteiger partial charge in [-0.15, -0.1) is 0 Å². The molecule has 0 radical (unpaired) electrons. The van der Waals surface area contributed by atoms with Gasteiger partial charge in [-0.2, -0.15) is 0 Å². The number of hydrogen-bond acceptors (Lipinski definition) is 7. The highest BCUT2D eigenvalue weighted by atomic mass is 16.6. The summed E-state index contributed by atoms with van der Waals surface area (Å²) in [6, 6.07) is 16.9. The van der Waals surface area contributed by atoms with E-state index in [1.807, 2.05) is 13.8 Å². The van der Waals surface area contributed by atoms with E-state index in [2.05, 4.69) is 6.58 Å². The number of aliphatic hydroxyl groups is 1. The van der Waals surface area contributed by atoms with E-state index in [1.165, 1.54) is 0 Å². The highest BCUT2D eigenvalue weighted by Gasteiger charge is 2.55. The van der Waals surface area contributed by atoms with Crippen molar-refractivity contribution in [3.63, 3.8) is 0 Å². The van der Waals surface area contributed by atoms with Crippen LogP contribution in [0.25, 0.3) is 0 Å². The first kappa shape index (κ1) is 26.6. The van der Waals surface area contributed by atoms with E-state index in [9.17, 15) is 19.5 Å². The monoisotopic (exact) mass is 506 g/mol. The van der Waals surface area contributed by atoms with Gasteiger partial charge in [-0.25, -0.2) is 9.59 Å². The molecule has 37 heavy (non-hydrogen) atoms. The highest BCUT2D eigenvalue weighted by molar-refractivity contribution is 5.90. The molecule has 1 N–H and O–H groups in total. The summed E-state index contributed by atoms with van der Waals surface area (Å²) in [7, 11) is 0. The third-order valence-corrected chi connectivity index (χ3v) is 7.77. The third kappa shape index (κ3) is 5.93. The Hall–Kier alpha value is -3.45. The molecule has 6 atom stereocenters. The Morgan fingerprint density at radius 1 is 1.05 bits per heavy atom. The molecule has 196 valence electrons. The van der Waals surface area contributed by atoms with Crippen LogP contribution >= 0.6 is 0 Å². The van der Waals surface area contributed by atoms with Gasteiger partial charge in [-0.05, 0) is 62.3 Å². The van der Waals surface area contributed by atoms with Crippen molar-refractivity contribution < 1.29 is 33.7 Å². The summed E-state index contributed by atoms with van der Waals surface area (Å²) in [6.07, 6.45) is 0.357. The van der Waals surface area contributed by atoms with E-state index in [-0.39, 0.29) is 24.9 Å². The van der Waals surface area contributed by atoms with Gasteiger partial charge in [0.15, 0.2) is 6.10 Å². The highest BCUT2D eigenvalue weighted by Crippen LogP contribution is 2.47. The molecule has 0 unspecified atom stereocenters. The Balaban J connectivity index is 1.52. The second kappa shape index (κ2) is 11.3. The summed E-state index contributed by atoms with van der Waals surface area (Å²) in [5.74, 6) is -2.50. The van der Waals surface area contributed by atoms with Crippen molar-refractivity contribution in [3.8, 4) is 0 Å². The van der Waals surface area contributed by atoms with Crippen LogP contribution in [-0.4, -0.2) is 47.4 Å². The molecule has 2 fully saturated rings. The smallest absolute Gasteiger partial charge is 0.338 e. The van der Waals surface area contributed by atoms with Gasteiger partial charge in [0.1, 0.15) is 12.7 Å². The lowest BCUT2D eigenvalue weighted by atomic mass is 9.64. The number of ether oxygens (including phenoxy) is 3. The average Bonchev–Trinajstić information content (AvgIpc) is 3.30. The number of carbonyl (C=O) groups is 3. The average molecular weight is 507 g/mol. The van der Waals surface area contributed by atoms with Crippen molar-refractivity contribution in [3.05, 3.63) is 83.9 Å². The molecule has 0 bridgehead atoms. The van der Waals surface area contributed by atoms with Crippen molar-refractivity contribution >= 4 is 17.9 Å². The van der Waals surface area contributed by atoms with Gasteiger partial charge >= 0.3 is 17.9 Å². The fraction of sp³-hybridized carbons (Fsp3) is 0.433. The van der Waals surface area contributed by atoms with Crippen LogP contribution < -0.4 is 0 Å². The van der Waals surface area contributed by atoms with Crippen LogP contribution in [0.5, 0.6) is 0 Å². The molecule has 1 heterocycles. The van der Waals surface area contributed by atoms with Crippen molar-refractivity contribution in [1.82, 2.24) is 0 Å². The number of cyclic esters (lactones) is 1. The second-order valence-electron chi connectivity index (χ2n) is 10.3. The summed E-state index contributed by atoms with van der Waals surface area (Å²) in [5.41, 5.74) is 0.401. The number of benzene rings is 2. The Bertz CT molecular complexity index is 1130. The Labute approximate surface area is 217 Å². The minimum atomic E-state index is -1.26. The van der Waals surface area contributed by atoms with Crippen LogP contribution in [0.3, 0.4) is 0 Å². The maximum atomic E-state index is 13.1. The van der Waals surface area contributed by atoms with Crippen molar-refractivity contribution in [2.45, 2.75) is 57.3 Å². The molecule has 2 aromatic rings. The lowest BCUT2D eigenvalue weighted by Crippen LogP contribution is -2.50. The molecule has 0 amide bonds. The molecular weight excluding hydrogens is 472 g/mol. The van der Waals surface area contributed by atoms with Gasteiger partial charge in [0.25, 0.3) is 0 Å². The fourth-order valence-corrected chi connectivity index (χ4v) is 5.36. The third-order valence-electron chi connectivity index (χ3n) is 7.77. The van der Waals surface area contributed by atoms with Crippen LogP contribution in [0, 0.1) is 17.8 Å². The lowest BCUT2D eigenvalue weighted by molar-refractivity contribution is -0.160. The maximum Gasteiger partial charge on any atom is 0.338 e. The SMILES string of the molecule is C=C(C)[C@@H]1CC[C@@H](C)[C@](O)([C@@H]2C[C@H]([C@H](COC(=O)c3ccccc3)OC(=O)c3ccccc3)OC2=O)C1. The molecule has 4 rings (SSSR count). The molecule has 7 nitrogen and oxygen atoms in total. The van der Waals surface area contributed by atoms with E-state index in [0.29, 0.717) is 17.5 Å². The summed E-state index contributed by atoms with van der Waals surface area (Å²) >= 11 is 0. The second-order valence-corrected chi connectivity index (χ2v) is 10.3. The quantitative estimate of drug-likeness (QED) is 0.314. The first-order valence-electron chi connectivity index (χ1n) is 12.8. The van der Waals surface area contributed by atoms with E-state index in [0.717, 1.165) is 18.4 Å². The van der Waals surface area contributed by atoms with E-state index in [1.54, 1.807) is 60.7 Å². The van der Waals surface area contributed by atoms with Crippen LogP contribution in [0.4, 0.5) is 0 Å². The van der Waals surface area contributed by atoms with E-state index in [4.69, 9.17) is 14.2 Å². The standard InChI is InChI=1S/C30H34O7/c1-19(2)23-15-14-20(3)30(34,17-23)24-16-25(36-29(24)33)26(37-28(32)22-12-8-5-9-13-22)18-35-27(31)21-10-6-4-7-11-21/h4-13,20,23-26,34H,1,14-18H2,2-3H3/t20-,23-,24-,25-,26+,30+/m1/s1. The minimum Gasteiger partial charge on any atom is -0.458 e. The van der Waals surface area contributed by atoms with Crippen LogP contribution in [0.2, 0.25) is 0 Å². The van der Waals surface area contributed by atoms with Gasteiger partial charge in [0, 0.05) is 6.42 Å². The summed E-state index contributed by atoms with van der Waals surface area (Å²) in [5, 5.41) is 11.7. The lowest BCUT2D eigenvalue weighted by Gasteiger charge is -2.44. The number of allylic oxidation sites excluding steroid dienone is 1. The topological polar surface area (TPSA) is 99.1 Å². The molecular formula is C30H34O7. The van der Waals surface area contributed by atoms with Crippen molar-refractivity contribution in [1.29, 1.82) is 0 Å². The first-order valence-corrected chi connectivity index (χ1v) is 12.8. The molecule has 1 saturated heterocycles. The zero-order chi connectivity index (χ0) is 26.6. The molecule has 0 aromatic heterocycles. The first-order chi connectivity index (χ1) is 17.7. The molecule has 1 saturated carbocycles. The molecule has 1 aliphatic heterocycles. The van der Waals surface area contributed by atoms with E-state index >= 15 is 0 Å². The molecule has 2 aromatic carbocycles.